The van der Waals surface area contributed by atoms with Crippen molar-refractivity contribution < 1.29 is 0 Å². The molecule has 0 bridgehead atoms. The minimum absolute atomic E-state index is 0.811. The normalized spacial score (nSPS) is 33.9. The summed E-state index contributed by atoms with van der Waals surface area (Å²) in [4.78, 5) is 0. The molecule has 0 heteroatoms. The molecule has 1 fully saturated rings. The van der Waals surface area contributed by atoms with Gasteiger partial charge in [0.1, 0.15) is 0 Å². The van der Waals surface area contributed by atoms with Crippen LogP contribution in [0.25, 0.3) is 6.08 Å². The maximum atomic E-state index is 2.43. The van der Waals surface area contributed by atoms with Gasteiger partial charge < -0.3 is 0 Å². The molecule has 3 unspecified atom stereocenters. The van der Waals surface area contributed by atoms with Crippen molar-refractivity contribution in [3.63, 3.8) is 0 Å². The van der Waals surface area contributed by atoms with Crippen molar-refractivity contribution in [2.45, 2.75) is 25.7 Å². The molecule has 1 aromatic carbocycles. The monoisotopic (exact) mass is 184 g/mol. The van der Waals surface area contributed by atoms with E-state index in [1.54, 1.807) is 5.56 Å². The van der Waals surface area contributed by atoms with E-state index in [0.29, 0.717) is 0 Å². The number of rotatable bonds is 0. The SMILES string of the molecule is CC1CC2C=Cc3ccccc3C2C1. The number of benzene rings is 1. The van der Waals surface area contributed by atoms with Gasteiger partial charge in [-0.25, -0.2) is 0 Å². The van der Waals surface area contributed by atoms with Gasteiger partial charge in [0.25, 0.3) is 0 Å². The van der Waals surface area contributed by atoms with Gasteiger partial charge in [-0.2, -0.15) is 0 Å². The standard InChI is InChI=1S/C14H16/c1-10-8-12-7-6-11-4-2-3-5-13(11)14(12)9-10/h2-7,10,12,14H,8-9H2,1H3. The fourth-order valence-corrected chi connectivity index (χ4v) is 3.13. The quantitative estimate of drug-likeness (QED) is 0.574. The summed E-state index contributed by atoms with van der Waals surface area (Å²) in [6.45, 7) is 2.38. The third-order valence-corrected chi connectivity index (χ3v) is 3.77. The van der Waals surface area contributed by atoms with Crippen molar-refractivity contribution in [1.82, 2.24) is 0 Å². The zero-order valence-corrected chi connectivity index (χ0v) is 8.61. The third-order valence-electron chi connectivity index (χ3n) is 3.77. The molecule has 14 heavy (non-hydrogen) atoms. The second-order valence-corrected chi connectivity index (χ2v) is 4.83. The number of hydrogen-bond donors (Lipinski definition) is 0. The third kappa shape index (κ3) is 1.13. The van der Waals surface area contributed by atoms with Gasteiger partial charge in [0.15, 0.2) is 0 Å². The summed E-state index contributed by atoms with van der Waals surface area (Å²) in [7, 11) is 0. The van der Waals surface area contributed by atoms with Gasteiger partial charge in [-0.05, 0) is 41.7 Å². The molecule has 0 heterocycles. The van der Waals surface area contributed by atoms with Gasteiger partial charge in [0.2, 0.25) is 0 Å². The molecule has 0 saturated heterocycles. The van der Waals surface area contributed by atoms with Gasteiger partial charge >= 0.3 is 0 Å². The Kier molecular flexibility index (Phi) is 1.76. The predicted octanol–water partition coefficient (Wildman–Crippen LogP) is 3.84. The summed E-state index contributed by atoms with van der Waals surface area (Å²) < 4.78 is 0. The number of fused-ring (bicyclic) bond motifs is 3. The Balaban J connectivity index is 2.07. The Morgan fingerprint density at radius 2 is 2.00 bits per heavy atom. The highest BCUT2D eigenvalue weighted by atomic mass is 14.4. The van der Waals surface area contributed by atoms with Gasteiger partial charge in [0, 0.05) is 0 Å². The van der Waals surface area contributed by atoms with Crippen LogP contribution >= 0.6 is 0 Å². The Labute approximate surface area is 85.6 Å². The minimum atomic E-state index is 0.811. The zero-order chi connectivity index (χ0) is 9.54. The van der Waals surface area contributed by atoms with Gasteiger partial charge in [-0.3, -0.25) is 0 Å². The molecule has 0 aliphatic heterocycles. The highest BCUT2D eigenvalue weighted by Gasteiger charge is 2.33. The van der Waals surface area contributed by atoms with Crippen LogP contribution in [0.4, 0.5) is 0 Å². The van der Waals surface area contributed by atoms with E-state index in [1.165, 1.54) is 18.4 Å². The molecule has 72 valence electrons. The van der Waals surface area contributed by atoms with Crippen LogP contribution in [-0.4, -0.2) is 0 Å². The van der Waals surface area contributed by atoms with Crippen molar-refractivity contribution in [2.75, 3.05) is 0 Å². The van der Waals surface area contributed by atoms with Crippen molar-refractivity contribution in [1.29, 1.82) is 0 Å². The van der Waals surface area contributed by atoms with E-state index in [1.807, 2.05) is 0 Å². The van der Waals surface area contributed by atoms with E-state index < -0.39 is 0 Å². The van der Waals surface area contributed by atoms with E-state index in [-0.39, 0.29) is 0 Å². The van der Waals surface area contributed by atoms with Crippen LogP contribution in [0.15, 0.2) is 30.3 Å². The summed E-state index contributed by atoms with van der Waals surface area (Å²) in [6, 6.07) is 8.87. The topological polar surface area (TPSA) is 0 Å². The largest absolute Gasteiger partial charge is 0.0802 e. The average molecular weight is 184 g/mol. The van der Waals surface area contributed by atoms with Crippen LogP contribution in [0, 0.1) is 11.8 Å². The summed E-state index contributed by atoms with van der Waals surface area (Å²) in [6.07, 6.45) is 7.51. The van der Waals surface area contributed by atoms with Crippen molar-refractivity contribution in [2.24, 2.45) is 11.8 Å². The first kappa shape index (κ1) is 8.28. The Hall–Kier alpha value is -1.04. The lowest BCUT2D eigenvalue weighted by Crippen LogP contribution is -2.08. The first-order valence-corrected chi connectivity index (χ1v) is 5.62. The van der Waals surface area contributed by atoms with Crippen LogP contribution in [0.1, 0.15) is 36.8 Å². The van der Waals surface area contributed by atoms with Crippen LogP contribution in [-0.2, 0) is 0 Å². The fourth-order valence-electron chi connectivity index (χ4n) is 3.13. The number of allylic oxidation sites excluding steroid dienone is 1. The summed E-state index contributed by atoms with van der Waals surface area (Å²) in [5.41, 5.74) is 3.03. The van der Waals surface area contributed by atoms with E-state index in [0.717, 1.165) is 17.8 Å². The lowest BCUT2D eigenvalue weighted by molar-refractivity contribution is 0.580. The van der Waals surface area contributed by atoms with Crippen molar-refractivity contribution in [3.05, 3.63) is 41.5 Å². The minimum Gasteiger partial charge on any atom is -0.0802 e. The highest BCUT2D eigenvalue weighted by Crippen LogP contribution is 2.47. The smallest absolute Gasteiger partial charge is 0.00903 e. The van der Waals surface area contributed by atoms with Crippen molar-refractivity contribution >= 4 is 6.08 Å². The molecule has 2 aliphatic carbocycles. The molecular formula is C14H16. The van der Waals surface area contributed by atoms with Crippen LogP contribution in [0.5, 0.6) is 0 Å². The molecule has 0 aromatic heterocycles. The summed E-state index contributed by atoms with van der Waals surface area (Å²) in [5, 5.41) is 0. The first-order chi connectivity index (χ1) is 6.84. The average Bonchev–Trinajstić information content (AvgIpc) is 2.59. The van der Waals surface area contributed by atoms with Crippen LogP contribution in [0.3, 0.4) is 0 Å². The molecule has 0 amide bonds. The Bertz CT molecular complexity index is 375. The van der Waals surface area contributed by atoms with Gasteiger partial charge in [-0.1, -0.05) is 43.3 Å². The summed E-state index contributed by atoms with van der Waals surface area (Å²) in [5.74, 6) is 2.53. The molecule has 2 aliphatic rings. The zero-order valence-electron chi connectivity index (χ0n) is 8.61. The Morgan fingerprint density at radius 1 is 1.14 bits per heavy atom. The molecule has 1 saturated carbocycles. The molecule has 0 radical (unpaired) electrons. The maximum Gasteiger partial charge on any atom is -0.00903 e. The second-order valence-electron chi connectivity index (χ2n) is 4.83. The molecule has 1 aromatic rings. The molecule has 3 atom stereocenters. The molecule has 0 nitrogen and oxygen atoms in total. The van der Waals surface area contributed by atoms with E-state index in [4.69, 9.17) is 0 Å². The lowest BCUT2D eigenvalue weighted by Gasteiger charge is -2.23. The highest BCUT2D eigenvalue weighted by molar-refractivity contribution is 5.58. The second kappa shape index (κ2) is 2.98. The van der Waals surface area contributed by atoms with E-state index in [9.17, 15) is 0 Å². The maximum absolute atomic E-state index is 2.43. The van der Waals surface area contributed by atoms with Gasteiger partial charge in [-0.15, -0.1) is 0 Å². The van der Waals surface area contributed by atoms with E-state index >= 15 is 0 Å². The molecule has 0 N–H and O–H groups in total. The summed E-state index contributed by atoms with van der Waals surface area (Å²) >= 11 is 0. The fraction of sp³-hybridized carbons (Fsp3) is 0.429. The molecule has 0 spiro atoms. The molecule has 3 rings (SSSR count). The van der Waals surface area contributed by atoms with Crippen LogP contribution in [0.2, 0.25) is 0 Å². The van der Waals surface area contributed by atoms with E-state index in [2.05, 4.69) is 43.3 Å². The van der Waals surface area contributed by atoms with Crippen LogP contribution < -0.4 is 0 Å². The Morgan fingerprint density at radius 3 is 2.93 bits per heavy atom. The lowest BCUT2D eigenvalue weighted by atomic mass is 9.82. The molecular weight excluding hydrogens is 168 g/mol. The predicted molar refractivity (Wildman–Crippen MR) is 60.1 cm³/mol. The first-order valence-electron chi connectivity index (χ1n) is 5.62. The van der Waals surface area contributed by atoms with Crippen molar-refractivity contribution in [3.8, 4) is 0 Å². The van der Waals surface area contributed by atoms with Gasteiger partial charge in [0.05, 0.1) is 0 Å². The number of hydrogen-bond acceptors (Lipinski definition) is 0.